The summed E-state index contributed by atoms with van der Waals surface area (Å²) in [5.41, 5.74) is 1.14. The zero-order valence-corrected chi connectivity index (χ0v) is 14.8. The van der Waals surface area contributed by atoms with E-state index >= 15 is 0 Å². The van der Waals surface area contributed by atoms with E-state index < -0.39 is 27.5 Å². The first-order valence-corrected chi connectivity index (χ1v) is 9.66. The van der Waals surface area contributed by atoms with Crippen LogP contribution in [0.15, 0.2) is 53.4 Å². The number of ketones is 1. The maximum Gasteiger partial charge on any atom is 0.310 e. The quantitative estimate of drug-likeness (QED) is 0.477. The molecule has 1 N–H and O–H groups in total. The lowest BCUT2D eigenvalue weighted by Gasteiger charge is -2.40. The first-order valence-electron chi connectivity index (χ1n) is 7.71. The van der Waals surface area contributed by atoms with Gasteiger partial charge in [-0.3, -0.25) is 4.79 Å². The van der Waals surface area contributed by atoms with Crippen molar-refractivity contribution in [1.29, 1.82) is 0 Å². The first-order chi connectivity index (χ1) is 12.9. The number of aromatic nitrogens is 4. The van der Waals surface area contributed by atoms with E-state index in [1.54, 1.807) is 12.1 Å². The molecule has 1 aromatic heterocycles. The van der Waals surface area contributed by atoms with Gasteiger partial charge in [0, 0.05) is 11.1 Å². The third kappa shape index (κ3) is 4.51. The summed E-state index contributed by atoms with van der Waals surface area (Å²) in [6.45, 7) is -0.446. The number of carbonyl (C=O) groups excluding carboxylic acids is 1. The van der Waals surface area contributed by atoms with E-state index in [9.17, 15) is 24.2 Å². The van der Waals surface area contributed by atoms with Gasteiger partial charge in [0.25, 0.3) is 0 Å². The first kappa shape index (κ1) is 19.9. The van der Waals surface area contributed by atoms with E-state index in [0.717, 1.165) is 16.9 Å². The molecule has 0 amide bonds. The second-order valence-corrected chi connectivity index (χ2v) is 8.32. The topological polar surface area (TPSA) is 80.9 Å². The van der Waals surface area contributed by atoms with Crippen molar-refractivity contribution in [2.24, 2.45) is 0 Å². The number of benzene rings is 2. The fourth-order valence-electron chi connectivity index (χ4n) is 2.34. The third-order valence-corrected chi connectivity index (χ3v) is 4.92. The number of rotatable bonds is 6. The van der Waals surface area contributed by atoms with Crippen molar-refractivity contribution in [2.75, 3.05) is 6.61 Å². The van der Waals surface area contributed by atoms with Gasteiger partial charge in [-0.15, -0.1) is 10.2 Å². The molecule has 0 aliphatic carbocycles. The molecule has 3 aromatic rings. The molecule has 3 rings (SSSR count). The van der Waals surface area contributed by atoms with E-state index in [0.29, 0.717) is 11.1 Å². The Morgan fingerprint density at radius 3 is 2.11 bits per heavy atom. The fraction of sp³-hybridized carbons (Fsp3) is 0.125. The molecule has 0 fully saturated rings. The van der Waals surface area contributed by atoms with Crippen molar-refractivity contribution in [3.8, 4) is 11.4 Å². The summed E-state index contributed by atoms with van der Waals surface area (Å²) in [5, 5.41) is 20.3. The summed E-state index contributed by atoms with van der Waals surface area (Å²) >= 11 is 0. The summed E-state index contributed by atoms with van der Waals surface area (Å²) in [4.78, 5) is 10.5. The molecule has 1 heterocycles. The fourth-order valence-corrected chi connectivity index (χ4v) is 2.99. The van der Waals surface area contributed by atoms with Crippen LogP contribution in [-0.2, 0) is 6.54 Å². The number of carbonyl (C=O) groups is 1. The van der Waals surface area contributed by atoms with Crippen molar-refractivity contribution >= 4 is 16.0 Å². The van der Waals surface area contributed by atoms with Crippen molar-refractivity contribution in [2.45, 2.75) is 11.4 Å². The maximum absolute atomic E-state index is 12.7. The van der Waals surface area contributed by atoms with Gasteiger partial charge in [0.05, 0.1) is 6.54 Å². The molecule has 150 valence electrons. The minimum absolute atomic E-state index is 0.0271. The Bertz CT molecular complexity index is 1020. The van der Waals surface area contributed by atoms with Crippen molar-refractivity contribution in [1.82, 2.24) is 20.2 Å². The van der Waals surface area contributed by atoms with Gasteiger partial charge < -0.3 is 5.11 Å². The highest BCUT2D eigenvalue weighted by Gasteiger charge is 2.65. The molecule has 0 saturated heterocycles. The molecule has 2 aromatic carbocycles. The molecule has 0 spiro atoms. The van der Waals surface area contributed by atoms with E-state index in [-0.39, 0.29) is 30.1 Å². The van der Waals surface area contributed by atoms with E-state index in [4.69, 9.17) is 5.11 Å². The normalized spacial score (nSPS) is 14.4. The molecule has 0 saturated carbocycles. The highest BCUT2D eigenvalue weighted by atomic mass is 32.5. The Morgan fingerprint density at radius 1 is 0.964 bits per heavy atom. The number of halogens is 5. The number of aliphatic hydroxyl groups excluding tert-OH is 1. The average Bonchev–Trinajstić information content (AvgIpc) is 3.08. The van der Waals surface area contributed by atoms with Crippen LogP contribution in [0.5, 0.6) is 0 Å². The van der Waals surface area contributed by atoms with E-state index in [1.165, 1.54) is 12.1 Å². The van der Waals surface area contributed by atoms with Crippen LogP contribution < -0.4 is 0 Å². The van der Waals surface area contributed by atoms with Gasteiger partial charge in [-0.2, -0.15) is 4.80 Å². The number of tetrazole rings is 1. The Hall–Kier alpha value is -2.86. The van der Waals surface area contributed by atoms with Crippen LogP contribution in [0, 0.1) is 0 Å². The Kier molecular flexibility index (Phi) is 4.31. The molecule has 0 bridgehead atoms. The minimum Gasteiger partial charge on any atom is -0.388 e. The summed E-state index contributed by atoms with van der Waals surface area (Å²) in [5.74, 6) is -0.455. The highest BCUT2D eigenvalue weighted by Crippen LogP contribution is 3.02. The van der Waals surface area contributed by atoms with Crippen molar-refractivity contribution < 1.29 is 29.3 Å². The number of nitrogens with zero attached hydrogens (tertiary/aromatic N) is 4. The van der Waals surface area contributed by atoms with Crippen LogP contribution in [0.3, 0.4) is 0 Å². The molecule has 6 nitrogen and oxygen atoms in total. The van der Waals surface area contributed by atoms with Gasteiger partial charge in [-0.1, -0.05) is 43.7 Å². The van der Waals surface area contributed by atoms with Gasteiger partial charge in [0.1, 0.15) is 11.5 Å². The minimum atomic E-state index is -9.73. The average molecular weight is 420 g/mol. The Morgan fingerprint density at radius 2 is 1.57 bits per heavy atom. The third-order valence-electron chi connectivity index (χ3n) is 3.75. The van der Waals surface area contributed by atoms with Crippen LogP contribution in [0.25, 0.3) is 11.4 Å². The second kappa shape index (κ2) is 6.07. The summed E-state index contributed by atoms with van der Waals surface area (Å²) in [6, 6.07) is 8.55. The van der Waals surface area contributed by atoms with Crippen molar-refractivity contribution in [3.05, 3.63) is 59.7 Å². The maximum atomic E-state index is 12.7. The van der Waals surface area contributed by atoms with Crippen LogP contribution in [0.1, 0.15) is 15.9 Å². The lowest BCUT2D eigenvalue weighted by molar-refractivity contribution is 0.0903. The van der Waals surface area contributed by atoms with Gasteiger partial charge >= 0.3 is 10.2 Å². The molecule has 0 radical (unpaired) electrons. The van der Waals surface area contributed by atoms with Crippen LogP contribution in [-0.4, -0.2) is 37.7 Å². The number of aliphatic hydroxyl groups is 1. The summed E-state index contributed by atoms with van der Waals surface area (Å²) in [6.07, 6.45) is 0. The largest absolute Gasteiger partial charge is 0.388 e. The van der Waals surface area contributed by atoms with Crippen LogP contribution in [0.2, 0.25) is 0 Å². The summed E-state index contributed by atoms with van der Waals surface area (Å²) in [7, 11) is -9.73. The number of Topliss-reactive ketones (excluding diaryl/α,β-unsaturated/α-hetero) is 1. The van der Waals surface area contributed by atoms with Gasteiger partial charge in [-0.25, -0.2) is 0 Å². The Labute approximate surface area is 155 Å². The van der Waals surface area contributed by atoms with Gasteiger partial charge in [-0.05, 0) is 35.0 Å². The molecule has 28 heavy (non-hydrogen) atoms. The molecular weight excluding hydrogens is 407 g/mol. The molecule has 0 aliphatic heterocycles. The molecular formula is C16H13F5N4O2S. The predicted octanol–water partition coefficient (Wildman–Crippen LogP) is 4.22. The Balaban J connectivity index is 1.76. The zero-order chi connectivity index (χ0) is 20.6. The van der Waals surface area contributed by atoms with Gasteiger partial charge in [0.15, 0.2) is 5.78 Å². The second-order valence-electron chi connectivity index (χ2n) is 5.92. The standard InChI is InChI=1S/C16H13F5N4O2S/c17-28(18,19,20,21)14-7-5-13(6-8-14)16-22-24-25(23-16)9-11-1-3-12(4-2-11)15(27)10-26/h1-8,26H,9-10H2. The highest BCUT2D eigenvalue weighted by molar-refractivity contribution is 8.45. The van der Waals surface area contributed by atoms with E-state index in [1.807, 2.05) is 0 Å². The number of hydrogen-bond donors (Lipinski definition) is 1. The number of hydrogen-bond acceptors (Lipinski definition) is 5. The molecule has 0 aliphatic rings. The lowest BCUT2D eigenvalue weighted by Crippen LogP contribution is -2.06. The van der Waals surface area contributed by atoms with Crippen molar-refractivity contribution in [3.63, 3.8) is 0 Å². The lowest BCUT2D eigenvalue weighted by atomic mass is 10.1. The molecule has 12 heteroatoms. The van der Waals surface area contributed by atoms with Gasteiger partial charge in [0.2, 0.25) is 5.82 Å². The molecule has 0 unspecified atom stereocenters. The van der Waals surface area contributed by atoms with Crippen LogP contribution >= 0.6 is 10.2 Å². The molecule has 0 atom stereocenters. The van der Waals surface area contributed by atoms with E-state index in [2.05, 4.69) is 15.4 Å². The zero-order valence-electron chi connectivity index (χ0n) is 14.0. The SMILES string of the molecule is O=C(CO)c1ccc(Cn2nnc(-c3ccc(S(F)(F)(F)(F)F)cc3)n2)cc1. The smallest absolute Gasteiger partial charge is 0.310 e. The van der Waals surface area contributed by atoms with Crippen LogP contribution in [0.4, 0.5) is 19.4 Å². The predicted molar refractivity (Wildman–Crippen MR) is 91.6 cm³/mol. The summed E-state index contributed by atoms with van der Waals surface area (Å²) < 4.78 is 63.7. The monoisotopic (exact) mass is 420 g/mol.